The Hall–Kier alpha value is -1.89. The minimum Gasteiger partial charge on any atom is -0.350 e. The molecule has 1 N–H and O–H groups in total. The first kappa shape index (κ1) is 14.5. The van der Waals surface area contributed by atoms with Gasteiger partial charge in [0.2, 0.25) is 5.91 Å². The molecule has 1 aromatic carbocycles. The molecular formula is C13H13FN2O3S. The van der Waals surface area contributed by atoms with Crippen LogP contribution in [0.2, 0.25) is 0 Å². The molecule has 5 nitrogen and oxygen atoms in total. The summed E-state index contributed by atoms with van der Waals surface area (Å²) in [4.78, 5) is 35.6. The van der Waals surface area contributed by atoms with Gasteiger partial charge in [-0.05, 0) is 19.1 Å². The van der Waals surface area contributed by atoms with Crippen LogP contribution in [0, 0.1) is 12.7 Å². The number of imide groups is 1. The van der Waals surface area contributed by atoms with Crippen LogP contribution >= 0.6 is 11.8 Å². The Morgan fingerprint density at radius 2 is 2.20 bits per heavy atom. The first-order chi connectivity index (χ1) is 9.49. The van der Waals surface area contributed by atoms with E-state index in [4.69, 9.17) is 0 Å². The van der Waals surface area contributed by atoms with Crippen LogP contribution in [0.5, 0.6) is 0 Å². The molecule has 0 radical (unpaired) electrons. The van der Waals surface area contributed by atoms with Crippen LogP contribution in [0.15, 0.2) is 18.2 Å². The summed E-state index contributed by atoms with van der Waals surface area (Å²) in [5.74, 6) is -1.29. The quantitative estimate of drug-likeness (QED) is 0.915. The summed E-state index contributed by atoms with van der Waals surface area (Å²) in [6.07, 6.45) is 0. The Labute approximate surface area is 119 Å². The molecule has 0 aromatic heterocycles. The number of thioether (sulfide) groups is 1. The number of aryl methyl sites for hydroxylation is 1. The van der Waals surface area contributed by atoms with Gasteiger partial charge in [0, 0.05) is 13.1 Å². The predicted octanol–water partition coefficient (Wildman–Crippen LogP) is 1.56. The van der Waals surface area contributed by atoms with Gasteiger partial charge >= 0.3 is 0 Å². The number of carbonyl (C=O) groups is 3. The fourth-order valence-corrected chi connectivity index (χ4v) is 2.54. The topological polar surface area (TPSA) is 66.5 Å². The van der Waals surface area contributed by atoms with Crippen molar-refractivity contribution >= 4 is 28.8 Å². The lowest BCUT2D eigenvalue weighted by Crippen LogP contribution is -2.37. The molecule has 1 saturated heterocycles. The number of nitrogens with zero attached hydrogens (tertiary/aromatic N) is 1. The fraction of sp³-hybridized carbons (Fsp3) is 0.308. The molecule has 1 aliphatic rings. The van der Waals surface area contributed by atoms with Crippen LogP contribution in [-0.4, -0.2) is 40.8 Å². The maximum Gasteiger partial charge on any atom is 0.288 e. The Morgan fingerprint density at radius 3 is 2.85 bits per heavy atom. The Balaban J connectivity index is 1.91. The number of halogens is 1. The first-order valence-corrected chi connectivity index (χ1v) is 6.99. The molecule has 0 saturated carbocycles. The standard InChI is InChI=1S/C13H13FN2O3S/c1-8-2-3-10(14)9(6-8)12(18)15-4-5-16-11(17)7-20-13(16)19/h2-3,6H,4-5,7H2,1H3,(H,15,18). The molecule has 106 valence electrons. The third-order valence-electron chi connectivity index (χ3n) is 2.83. The molecule has 1 fully saturated rings. The van der Waals surface area contributed by atoms with Crippen molar-refractivity contribution in [1.29, 1.82) is 0 Å². The van der Waals surface area contributed by atoms with Gasteiger partial charge in [-0.15, -0.1) is 0 Å². The maximum atomic E-state index is 13.5. The van der Waals surface area contributed by atoms with Crippen molar-refractivity contribution in [2.24, 2.45) is 0 Å². The highest BCUT2D eigenvalue weighted by Crippen LogP contribution is 2.17. The molecule has 0 bridgehead atoms. The number of nitrogens with one attached hydrogen (secondary N) is 1. The zero-order chi connectivity index (χ0) is 14.7. The summed E-state index contributed by atoms with van der Waals surface area (Å²) >= 11 is 0.938. The molecule has 0 unspecified atom stereocenters. The average Bonchev–Trinajstić information content (AvgIpc) is 2.73. The SMILES string of the molecule is Cc1ccc(F)c(C(=O)NCCN2C(=O)CSC2=O)c1. The Morgan fingerprint density at radius 1 is 1.45 bits per heavy atom. The summed E-state index contributed by atoms with van der Waals surface area (Å²) < 4.78 is 13.5. The van der Waals surface area contributed by atoms with E-state index in [1.54, 1.807) is 13.0 Å². The zero-order valence-electron chi connectivity index (χ0n) is 10.8. The van der Waals surface area contributed by atoms with E-state index in [0.717, 1.165) is 22.2 Å². The van der Waals surface area contributed by atoms with Crippen LogP contribution in [0.4, 0.5) is 9.18 Å². The van der Waals surface area contributed by atoms with Gasteiger partial charge in [0.1, 0.15) is 5.82 Å². The highest BCUT2D eigenvalue weighted by molar-refractivity contribution is 8.14. The van der Waals surface area contributed by atoms with Crippen LogP contribution in [0.25, 0.3) is 0 Å². The van der Waals surface area contributed by atoms with Crippen molar-refractivity contribution in [2.75, 3.05) is 18.8 Å². The van der Waals surface area contributed by atoms with Gasteiger partial charge in [-0.2, -0.15) is 0 Å². The summed E-state index contributed by atoms with van der Waals surface area (Å²) in [6.45, 7) is 1.96. The minimum atomic E-state index is -0.600. The first-order valence-electron chi connectivity index (χ1n) is 6.00. The lowest BCUT2D eigenvalue weighted by molar-refractivity contribution is -0.124. The van der Waals surface area contributed by atoms with E-state index in [1.165, 1.54) is 12.1 Å². The second-order valence-corrected chi connectivity index (χ2v) is 5.27. The lowest BCUT2D eigenvalue weighted by atomic mass is 10.1. The van der Waals surface area contributed by atoms with Gasteiger partial charge in [-0.1, -0.05) is 23.4 Å². The number of amides is 3. The van der Waals surface area contributed by atoms with Crippen molar-refractivity contribution in [1.82, 2.24) is 10.2 Å². The maximum absolute atomic E-state index is 13.5. The number of hydrogen-bond donors (Lipinski definition) is 1. The Bertz CT molecular complexity index is 561. The van der Waals surface area contributed by atoms with Crippen LogP contribution in [0.1, 0.15) is 15.9 Å². The molecule has 1 heterocycles. The van der Waals surface area contributed by atoms with Gasteiger partial charge in [0.05, 0.1) is 11.3 Å². The monoisotopic (exact) mass is 296 g/mol. The van der Waals surface area contributed by atoms with E-state index in [0.29, 0.717) is 0 Å². The van der Waals surface area contributed by atoms with E-state index in [2.05, 4.69) is 5.32 Å². The van der Waals surface area contributed by atoms with Gasteiger partial charge < -0.3 is 5.32 Å². The molecule has 2 rings (SSSR count). The third kappa shape index (κ3) is 3.16. The van der Waals surface area contributed by atoms with Crippen molar-refractivity contribution < 1.29 is 18.8 Å². The molecule has 1 aliphatic heterocycles. The van der Waals surface area contributed by atoms with Crippen molar-refractivity contribution in [3.05, 3.63) is 35.1 Å². The lowest BCUT2D eigenvalue weighted by Gasteiger charge is -2.13. The smallest absolute Gasteiger partial charge is 0.288 e. The fourth-order valence-electron chi connectivity index (χ4n) is 1.79. The van der Waals surface area contributed by atoms with E-state index < -0.39 is 11.7 Å². The highest BCUT2D eigenvalue weighted by Gasteiger charge is 2.29. The van der Waals surface area contributed by atoms with Crippen LogP contribution in [0.3, 0.4) is 0 Å². The number of hydrogen-bond acceptors (Lipinski definition) is 4. The summed E-state index contributed by atoms with van der Waals surface area (Å²) in [6, 6.07) is 4.26. The molecule has 7 heteroatoms. The van der Waals surface area contributed by atoms with Crippen molar-refractivity contribution in [3.63, 3.8) is 0 Å². The van der Waals surface area contributed by atoms with E-state index in [9.17, 15) is 18.8 Å². The molecule has 0 spiro atoms. The molecule has 1 aromatic rings. The second-order valence-electron chi connectivity index (χ2n) is 4.34. The van der Waals surface area contributed by atoms with Crippen LogP contribution < -0.4 is 5.32 Å². The minimum absolute atomic E-state index is 0.0431. The van der Waals surface area contributed by atoms with E-state index in [-0.39, 0.29) is 35.6 Å². The second kappa shape index (κ2) is 6.04. The van der Waals surface area contributed by atoms with E-state index in [1.807, 2.05) is 0 Å². The molecular weight excluding hydrogens is 283 g/mol. The Kier molecular flexibility index (Phi) is 4.39. The number of rotatable bonds is 4. The predicted molar refractivity (Wildman–Crippen MR) is 73.0 cm³/mol. The zero-order valence-corrected chi connectivity index (χ0v) is 11.6. The van der Waals surface area contributed by atoms with E-state index >= 15 is 0 Å². The molecule has 20 heavy (non-hydrogen) atoms. The molecule has 0 atom stereocenters. The molecule has 3 amide bonds. The van der Waals surface area contributed by atoms with Gasteiger partial charge in [0.25, 0.3) is 11.1 Å². The van der Waals surface area contributed by atoms with Crippen molar-refractivity contribution in [2.45, 2.75) is 6.92 Å². The normalized spacial score (nSPS) is 14.8. The summed E-state index contributed by atoms with van der Waals surface area (Å²) in [5.41, 5.74) is 0.733. The van der Waals surface area contributed by atoms with Gasteiger partial charge in [-0.3, -0.25) is 19.3 Å². The summed E-state index contributed by atoms with van der Waals surface area (Å²) in [5, 5.41) is 2.19. The highest BCUT2D eigenvalue weighted by atomic mass is 32.2. The summed E-state index contributed by atoms with van der Waals surface area (Å²) in [7, 11) is 0. The van der Waals surface area contributed by atoms with Gasteiger partial charge in [-0.25, -0.2) is 4.39 Å². The number of benzene rings is 1. The van der Waals surface area contributed by atoms with Crippen LogP contribution in [-0.2, 0) is 4.79 Å². The average molecular weight is 296 g/mol. The molecule has 0 aliphatic carbocycles. The van der Waals surface area contributed by atoms with Gasteiger partial charge in [0.15, 0.2) is 0 Å². The largest absolute Gasteiger partial charge is 0.350 e. The van der Waals surface area contributed by atoms with Crippen molar-refractivity contribution in [3.8, 4) is 0 Å². The number of carbonyl (C=O) groups excluding carboxylic acids is 3. The third-order valence-corrected chi connectivity index (χ3v) is 3.69.